The summed E-state index contributed by atoms with van der Waals surface area (Å²) in [5, 5.41) is 3.87. The van der Waals surface area contributed by atoms with Gasteiger partial charge in [0.05, 0.1) is 12.6 Å². The number of hydrogen-bond acceptors (Lipinski definition) is 2. The van der Waals surface area contributed by atoms with E-state index in [1.807, 2.05) is 61.7 Å². The molecule has 0 saturated carbocycles. The highest BCUT2D eigenvalue weighted by molar-refractivity contribution is 7.80. The Morgan fingerprint density at radius 1 is 1.11 bits per heavy atom. The normalized spacial score (nSPS) is 15.8. The molecule has 1 unspecified atom stereocenters. The van der Waals surface area contributed by atoms with Crippen molar-refractivity contribution >= 4 is 23.0 Å². The van der Waals surface area contributed by atoms with E-state index in [1.165, 1.54) is 6.07 Å². The SMILES string of the molecule is CCOc1ccc(NC(=S)N2CCn3cccc3C2c2ccccc2F)cc1. The number of nitrogens with one attached hydrogen (secondary N) is 1. The Hall–Kier alpha value is -2.86. The molecule has 1 aliphatic heterocycles. The molecule has 0 fully saturated rings. The van der Waals surface area contributed by atoms with Crippen molar-refractivity contribution in [1.82, 2.24) is 9.47 Å². The highest BCUT2D eigenvalue weighted by Crippen LogP contribution is 2.34. The second-order valence-corrected chi connectivity index (χ2v) is 7.02. The number of benzene rings is 2. The zero-order valence-electron chi connectivity index (χ0n) is 15.6. The van der Waals surface area contributed by atoms with Crippen LogP contribution < -0.4 is 10.1 Å². The first-order valence-corrected chi connectivity index (χ1v) is 9.78. The first kappa shape index (κ1) is 18.5. The predicted octanol–water partition coefficient (Wildman–Crippen LogP) is 4.83. The number of halogens is 1. The highest BCUT2D eigenvalue weighted by atomic mass is 32.1. The van der Waals surface area contributed by atoms with Gasteiger partial charge in [-0.25, -0.2) is 4.39 Å². The van der Waals surface area contributed by atoms with Crippen molar-refractivity contribution in [2.24, 2.45) is 0 Å². The average molecular weight is 396 g/mol. The second-order valence-electron chi connectivity index (χ2n) is 6.63. The molecule has 1 N–H and O–H groups in total. The lowest BCUT2D eigenvalue weighted by molar-refractivity contribution is 0.288. The largest absolute Gasteiger partial charge is 0.494 e. The Kier molecular flexibility index (Phi) is 5.30. The van der Waals surface area contributed by atoms with Crippen molar-refractivity contribution in [2.75, 3.05) is 18.5 Å². The van der Waals surface area contributed by atoms with Gasteiger partial charge in [0.2, 0.25) is 0 Å². The minimum absolute atomic E-state index is 0.226. The van der Waals surface area contributed by atoms with Gasteiger partial charge in [-0.1, -0.05) is 18.2 Å². The fraction of sp³-hybridized carbons (Fsp3) is 0.227. The topological polar surface area (TPSA) is 29.4 Å². The van der Waals surface area contributed by atoms with E-state index in [1.54, 1.807) is 6.07 Å². The summed E-state index contributed by atoms with van der Waals surface area (Å²) in [4.78, 5) is 2.06. The third-order valence-corrected chi connectivity index (χ3v) is 5.25. The maximum Gasteiger partial charge on any atom is 0.174 e. The van der Waals surface area contributed by atoms with E-state index in [0.717, 1.165) is 23.7 Å². The maximum atomic E-state index is 14.6. The molecule has 4 rings (SSSR count). The summed E-state index contributed by atoms with van der Waals surface area (Å²) >= 11 is 5.72. The maximum absolute atomic E-state index is 14.6. The number of nitrogens with zero attached hydrogens (tertiary/aromatic N) is 2. The van der Waals surface area contributed by atoms with Gasteiger partial charge in [0.1, 0.15) is 11.6 Å². The zero-order valence-corrected chi connectivity index (χ0v) is 16.5. The van der Waals surface area contributed by atoms with Crippen molar-refractivity contribution in [3.8, 4) is 5.75 Å². The fourth-order valence-electron chi connectivity index (χ4n) is 3.62. The summed E-state index contributed by atoms with van der Waals surface area (Å²) in [6, 6.07) is 18.3. The van der Waals surface area contributed by atoms with E-state index < -0.39 is 0 Å². The summed E-state index contributed by atoms with van der Waals surface area (Å²) < 4.78 is 22.3. The monoisotopic (exact) mass is 395 g/mol. The molecule has 0 aliphatic carbocycles. The summed E-state index contributed by atoms with van der Waals surface area (Å²) in [5.74, 6) is 0.593. The molecule has 0 saturated heterocycles. The van der Waals surface area contributed by atoms with Gasteiger partial charge in [0, 0.05) is 36.2 Å². The standard InChI is InChI=1S/C22H22FN3OS/c1-2-27-17-11-9-16(10-12-17)24-22(28)26-15-14-25-13-5-8-20(25)21(26)18-6-3-4-7-19(18)23/h3-13,21H,2,14-15H2,1H3,(H,24,28). The molecule has 1 atom stereocenters. The van der Waals surface area contributed by atoms with Gasteiger partial charge in [-0.15, -0.1) is 0 Å². The first-order valence-electron chi connectivity index (χ1n) is 9.37. The molecule has 2 heterocycles. The molecule has 4 nitrogen and oxygen atoms in total. The fourth-order valence-corrected chi connectivity index (χ4v) is 3.94. The summed E-state index contributed by atoms with van der Waals surface area (Å²) in [5.41, 5.74) is 2.53. The van der Waals surface area contributed by atoms with Crippen LogP contribution in [0, 0.1) is 5.82 Å². The molecule has 0 radical (unpaired) electrons. The molecule has 1 aliphatic rings. The van der Waals surface area contributed by atoms with Gasteiger partial charge in [-0.05, 0) is 61.6 Å². The van der Waals surface area contributed by atoms with Crippen molar-refractivity contribution in [2.45, 2.75) is 19.5 Å². The van der Waals surface area contributed by atoms with Crippen LogP contribution in [0.25, 0.3) is 0 Å². The van der Waals surface area contributed by atoms with E-state index in [0.29, 0.717) is 23.8 Å². The van der Waals surface area contributed by atoms with E-state index in [2.05, 4.69) is 14.8 Å². The molecule has 144 valence electrons. The van der Waals surface area contributed by atoms with Crippen LogP contribution in [0.1, 0.15) is 24.2 Å². The van der Waals surface area contributed by atoms with Crippen LogP contribution in [0.5, 0.6) is 5.75 Å². The highest BCUT2D eigenvalue weighted by Gasteiger charge is 2.32. The van der Waals surface area contributed by atoms with Gasteiger partial charge in [0.25, 0.3) is 0 Å². The van der Waals surface area contributed by atoms with E-state index in [4.69, 9.17) is 17.0 Å². The summed E-state index contributed by atoms with van der Waals surface area (Å²) in [6.07, 6.45) is 2.03. The lowest BCUT2D eigenvalue weighted by Crippen LogP contribution is -2.44. The number of ether oxygens (including phenoxy) is 1. The van der Waals surface area contributed by atoms with Crippen molar-refractivity contribution in [3.63, 3.8) is 0 Å². The minimum Gasteiger partial charge on any atom is -0.494 e. The number of hydrogen-bond donors (Lipinski definition) is 1. The van der Waals surface area contributed by atoms with Crippen LogP contribution >= 0.6 is 12.2 Å². The van der Waals surface area contributed by atoms with Gasteiger partial charge in [-0.2, -0.15) is 0 Å². The average Bonchev–Trinajstić information content (AvgIpc) is 3.18. The first-order chi connectivity index (χ1) is 13.7. The predicted molar refractivity (Wildman–Crippen MR) is 113 cm³/mol. The van der Waals surface area contributed by atoms with E-state index in [-0.39, 0.29) is 11.9 Å². The van der Waals surface area contributed by atoms with Gasteiger partial charge in [0.15, 0.2) is 5.11 Å². The minimum atomic E-state index is -0.271. The van der Waals surface area contributed by atoms with Gasteiger partial charge < -0.3 is 19.5 Å². The van der Waals surface area contributed by atoms with Crippen molar-refractivity contribution < 1.29 is 9.13 Å². The van der Waals surface area contributed by atoms with Crippen LogP contribution in [0.4, 0.5) is 10.1 Å². The molecule has 28 heavy (non-hydrogen) atoms. The molecule has 1 aromatic heterocycles. The van der Waals surface area contributed by atoms with Gasteiger partial charge >= 0.3 is 0 Å². The Morgan fingerprint density at radius 2 is 1.89 bits per heavy atom. The molecule has 3 aromatic rings. The second kappa shape index (κ2) is 8.02. The van der Waals surface area contributed by atoms with Crippen molar-refractivity contribution in [3.05, 3.63) is 83.9 Å². The van der Waals surface area contributed by atoms with E-state index >= 15 is 0 Å². The lowest BCUT2D eigenvalue weighted by atomic mass is 10.00. The van der Waals surface area contributed by atoms with Crippen LogP contribution in [-0.2, 0) is 6.54 Å². The number of aromatic nitrogens is 1. The third-order valence-electron chi connectivity index (χ3n) is 4.92. The zero-order chi connectivity index (χ0) is 19.5. The smallest absolute Gasteiger partial charge is 0.174 e. The molecular weight excluding hydrogens is 373 g/mol. The molecule has 0 bridgehead atoms. The molecular formula is C22H22FN3OS. The van der Waals surface area contributed by atoms with Gasteiger partial charge in [-0.3, -0.25) is 0 Å². The number of anilines is 1. The van der Waals surface area contributed by atoms with Crippen LogP contribution in [0.3, 0.4) is 0 Å². The summed E-state index contributed by atoms with van der Waals surface area (Å²) in [6.45, 7) is 4.08. The molecule has 0 amide bonds. The number of rotatable bonds is 4. The third kappa shape index (κ3) is 3.60. The number of fused-ring (bicyclic) bond motifs is 1. The van der Waals surface area contributed by atoms with E-state index in [9.17, 15) is 4.39 Å². The Bertz CT molecular complexity index is 970. The quantitative estimate of drug-likeness (QED) is 0.641. The summed E-state index contributed by atoms with van der Waals surface area (Å²) in [7, 11) is 0. The Labute approximate surface area is 169 Å². The number of thiocarbonyl (C=S) groups is 1. The van der Waals surface area contributed by atoms with Crippen LogP contribution in [0.2, 0.25) is 0 Å². The molecule has 0 spiro atoms. The van der Waals surface area contributed by atoms with Crippen LogP contribution in [-0.4, -0.2) is 27.7 Å². The molecule has 2 aromatic carbocycles. The van der Waals surface area contributed by atoms with Crippen molar-refractivity contribution in [1.29, 1.82) is 0 Å². The lowest BCUT2D eigenvalue weighted by Gasteiger charge is -2.39. The van der Waals surface area contributed by atoms with Crippen LogP contribution in [0.15, 0.2) is 66.9 Å². The Balaban J connectivity index is 1.62. The molecule has 6 heteroatoms. The Morgan fingerprint density at radius 3 is 2.64 bits per heavy atom.